The highest BCUT2D eigenvalue weighted by molar-refractivity contribution is 6.08. The first-order valence-electron chi connectivity index (χ1n) is 10.6. The number of unbranched alkanes of at least 4 members (excludes halogenated alkanes) is 1. The number of carbonyl (C=O) groups excluding carboxylic acids is 1. The summed E-state index contributed by atoms with van der Waals surface area (Å²) >= 11 is 0. The minimum absolute atomic E-state index is 0.240. The van der Waals surface area contributed by atoms with Crippen LogP contribution in [0.5, 0.6) is 11.5 Å². The molecule has 3 heterocycles. The summed E-state index contributed by atoms with van der Waals surface area (Å²) in [5, 5.41) is 0.887. The van der Waals surface area contributed by atoms with Crippen LogP contribution in [0.15, 0.2) is 36.4 Å². The normalized spacial score (nSPS) is 12.6. The highest BCUT2D eigenvalue weighted by atomic mass is 16.7. The maximum absolute atomic E-state index is 12.0. The topological polar surface area (TPSA) is 101 Å². The Bertz CT molecular complexity index is 1350. The van der Waals surface area contributed by atoms with E-state index in [1.54, 1.807) is 12.1 Å². The van der Waals surface area contributed by atoms with Gasteiger partial charge in [0.2, 0.25) is 6.79 Å². The summed E-state index contributed by atoms with van der Waals surface area (Å²) in [4.78, 5) is 21.4. The van der Waals surface area contributed by atoms with Gasteiger partial charge in [-0.15, -0.1) is 0 Å². The number of nitrogens with two attached hydrogens (primary N) is 1. The predicted octanol–water partition coefficient (Wildman–Crippen LogP) is 4.07. The molecule has 5 rings (SSSR count). The van der Waals surface area contributed by atoms with Crippen LogP contribution in [-0.2, 0) is 17.7 Å². The number of fused-ring (bicyclic) bond motifs is 4. The molecule has 0 saturated carbocycles. The molecule has 1 aliphatic heterocycles. The number of methoxy groups -OCH3 is 1. The fourth-order valence-corrected chi connectivity index (χ4v) is 4.12. The Hall–Kier alpha value is -3.81. The summed E-state index contributed by atoms with van der Waals surface area (Å²) in [6, 6.07) is 11.3. The molecular weight excluding hydrogens is 408 g/mol. The third kappa shape index (κ3) is 3.37. The summed E-state index contributed by atoms with van der Waals surface area (Å²) < 4.78 is 18.0. The van der Waals surface area contributed by atoms with Gasteiger partial charge in [0.25, 0.3) is 0 Å². The number of anilines is 1. The van der Waals surface area contributed by atoms with E-state index in [1.165, 1.54) is 7.11 Å². The smallest absolute Gasteiger partial charge is 0.337 e. The number of hydrogen-bond acceptors (Lipinski definition) is 7. The number of imidazole rings is 1. The average Bonchev–Trinajstić information content (AvgIpc) is 3.42. The number of carbonyl (C=O) groups is 1. The van der Waals surface area contributed by atoms with Crippen molar-refractivity contribution in [1.82, 2.24) is 14.5 Å². The lowest BCUT2D eigenvalue weighted by atomic mass is 10.1. The van der Waals surface area contributed by atoms with Crippen LogP contribution in [0.25, 0.3) is 21.9 Å². The number of benzene rings is 2. The monoisotopic (exact) mass is 432 g/mol. The molecular formula is C24H24N4O4. The second-order valence-corrected chi connectivity index (χ2v) is 7.82. The van der Waals surface area contributed by atoms with Crippen molar-refractivity contribution in [2.75, 3.05) is 19.6 Å². The second-order valence-electron chi connectivity index (χ2n) is 7.82. The first kappa shape index (κ1) is 20.1. The van der Waals surface area contributed by atoms with Gasteiger partial charge in [0.15, 0.2) is 17.3 Å². The maximum atomic E-state index is 12.0. The zero-order valence-electron chi connectivity index (χ0n) is 18.1. The van der Waals surface area contributed by atoms with E-state index in [9.17, 15) is 4.79 Å². The Balaban J connectivity index is 1.69. The van der Waals surface area contributed by atoms with Gasteiger partial charge < -0.3 is 24.5 Å². The Morgan fingerprint density at radius 1 is 1.16 bits per heavy atom. The van der Waals surface area contributed by atoms with Crippen LogP contribution in [0.1, 0.15) is 41.5 Å². The zero-order chi connectivity index (χ0) is 22.2. The van der Waals surface area contributed by atoms with E-state index in [-0.39, 0.29) is 6.79 Å². The Kier molecular flexibility index (Phi) is 5.05. The lowest BCUT2D eigenvalue weighted by molar-refractivity contribution is 0.0601. The molecule has 2 N–H and O–H groups in total. The molecule has 0 unspecified atom stereocenters. The quantitative estimate of drug-likeness (QED) is 0.458. The van der Waals surface area contributed by atoms with Gasteiger partial charge in [-0.05, 0) is 42.3 Å². The van der Waals surface area contributed by atoms with E-state index in [4.69, 9.17) is 24.9 Å². The minimum Gasteiger partial charge on any atom is -0.465 e. The number of hydrogen-bond donors (Lipinski definition) is 1. The minimum atomic E-state index is -0.412. The fourth-order valence-electron chi connectivity index (χ4n) is 4.12. The van der Waals surface area contributed by atoms with E-state index >= 15 is 0 Å². The lowest BCUT2D eigenvalue weighted by Gasteiger charge is -2.12. The SMILES string of the molecule is CCCCc1nc2c(N)nc3cc(C(=O)OC)ccc3c2n1Cc1ccc2c(c1)OCO2. The molecule has 0 bridgehead atoms. The molecule has 0 fully saturated rings. The number of rotatable bonds is 6. The molecule has 1 aliphatic rings. The number of aryl methyl sites for hydroxylation is 1. The van der Waals surface area contributed by atoms with Gasteiger partial charge in [-0.2, -0.15) is 0 Å². The zero-order valence-corrected chi connectivity index (χ0v) is 18.1. The molecule has 2 aromatic heterocycles. The molecule has 2 aromatic carbocycles. The van der Waals surface area contributed by atoms with Crippen LogP contribution < -0.4 is 15.2 Å². The van der Waals surface area contributed by atoms with Crippen molar-refractivity contribution in [3.63, 3.8) is 0 Å². The molecule has 8 heteroatoms. The van der Waals surface area contributed by atoms with Gasteiger partial charge in [-0.25, -0.2) is 14.8 Å². The van der Waals surface area contributed by atoms with E-state index < -0.39 is 5.97 Å². The van der Waals surface area contributed by atoms with Crippen LogP contribution in [-0.4, -0.2) is 34.4 Å². The molecule has 0 atom stereocenters. The van der Waals surface area contributed by atoms with Crippen molar-refractivity contribution >= 4 is 33.7 Å². The van der Waals surface area contributed by atoms with Crippen molar-refractivity contribution in [3.8, 4) is 11.5 Å². The number of pyridine rings is 1. The summed E-state index contributed by atoms with van der Waals surface area (Å²) in [5.74, 6) is 2.39. The summed E-state index contributed by atoms with van der Waals surface area (Å²) in [6.07, 6.45) is 2.91. The Morgan fingerprint density at radius 3 is 2.81 bits per heavy atom. The summed E-state index contributed by atoms with van der Waals surface area (Å²) in [5.41, 5.74) is 10.0. The molecule has 0 spiro atoms. The van der Waals surface area contributed by atoms with Crippen LogP contribution in [0.3, 0.4) is 0 Å². The molecule has 32 heavy (non-hydrogen) atoms. The van der Waals surface area contributed by atoms with Gasteiger partial charge in [0.1, 0.15) is 11.3 Å². The van der Waals surface area contributed by atoms with Crippen LogP contribution >= 0.6 is 0 Å². The van der Waals surface area contributed by atoms with E-state index in [1.807, 2.05) is 24.3 Å². The Morgan fingerprint density at radius 2 is 2.00 bits per heavy atom. The summed E-state index contributed by atoms with van der Waals surface area (Å²) in [7, 11) is 1.36. The van der Waals surface area contributed by atoms with E-state index in [0.29, 0.717) is 29.0 Å². The number of ether oxygens (including phenoxy) is 3. The molecule has 4 aromatic rings. The van der Waals surface area contributed by atoms with Gasteiger partial charge in [-0.3, -0.25) is 0 Å². The van der Waals surface area contributed by atoms with Crippen molar-refractivity contribution in [3.05, 3.63) is 53.3 Å². The fraction of sp³-hybridized carbons (Fsp3) is 0.292. The Labute approximate surface area is 184 Å². The van der Waals surface area contributed by atoms with E-state index in [2.05, 4.69) is 16.5 Å². The maximum Gasteiger partial charge on any atom is 0.337 e. The number of nitrogen functional groups attached to an aromatic ring is 1. The summed E-state index contributed by atoms with van der Waals surface area (Å²) in [6.45, 7) is 3.00. The number of esters is 1. The molecule has 8 nitrogen and oxygen atoms in total. The number of aromatic nitrogens is 3. The predicted molar refractivity (Wildman–Crippen MR) is 121 cm³/mol. The third-order valence-corrected chi connectivity index (χ3v) is 5.74. The van der Waals surface area contributed by atoms with Crippen LogP contribution in [0.2, 0.25) is 0 Å². The highest BCUT2D eigenvalue weighted by Gasteiger charge is 2.20. The van der Waals surface area contributed by atoms with Gasteiger partial charge in [-0.1, -0.05) is 19.4 Å². The first-order chi connectivity index (χ1) is 15.6. The molecule has 0 aliphatic carbocycles. The molecule has 164 valence electrons. The van der Waals surface area contributed by atoms with E-state index in [0.717, 1.165) is 53.1 Å². The van der Waals surface area contributed by atoms with Crippen LogP contribution in [0, 0.1) is 0 Å². The lowest BCUT2D eigenvalue weighted by Crippen LogP contribution is -2.06. The molecule has 0 amide bonds. The first-order valence-corrected chi connectivity index (χ1v) is 10.6. The van der Waals surface area contributed by atoms with Gasteiger partial charge in [0, 0.05) is 18.4 Å². The van der Waals surface area contributed by atoms with Crippen molar-refractivity contribution in [2.24, 2.45) is 0 Å². The van der Waals surface area contributed by atoms with Gasteiger partial charge in [0.05, 0.1) is 23.7 Å². The molecule has 0 saturated heterocycles. The third-order valence-electron chi connectivity index (χ3n) is 5.74. The van der Waals surface area contributed by atoms with Crippen LogP contribution in [0.4, 0.5) is 5.82 Å². The standard InChI is InChI=1S/C24H24N4O4/c1-3-4-5-20-27-21-22(28(20)12-14-6-9-18-19(10-14)32-13-31-18)16-8-7-15(24(29)30-2)11-17(16)26-23(21)25/h6-11H,3-5,12-13H2,1-2H3,(H2,25,26). The van der Waals surface area contributed by atoms with Gasteiger partial charge >= 0.3 is 5.97 Å². The van der Waals surface area contributed by atoms with Crippen molar-refractivity contribution < 1.29 is 19.0 Å². The average molecular weight is 432 g/mol. The number of nitrogens with zero attached hydrogens (tertiary/aromatic N) is 3. The van der Waals surface area contributed by atoms with Crippen molar-refractivity contribution in [2.45, 2.75) is 32.7 Å². The molecule has 0 radical (unpaired) electrons. The second kappa shape index (κ2) is 8.03. The van der Waals surface area contributed by atoms with Crippen molar-refractivity contribution in [1.29, 1.82) is 0 Å². The largest absolute Gasteiger partial charge is 0.465 e. The highest BCUT2D eigenvalue weighted by Crippen LogP contribution is 2.34.